The van der Waals surface area contributed by atoms with Crippen molar-refractivity contribution >= 4 is 73.3 Å². The van der Waals surface area contributed by atoms with Crippen LogP contribution in [0.3, 0.4) is 0 Å². The third kappa shape index (κ3) is 8.33. The van der Waals surface area contributed by atoms with E-state index in [1.54, 1.807) is 67.6 Å². The van der Waals surface area contributed by atoms with Crippen LogP contribution in [-0.4, -0.2) is 44.3 Å². The maximum Gasteiger partial charge on any atom is 0.264 e. The van der Waals surface area contributed by atoms with Crippen LogP contribution in [0.25, 0.3) is 0 Å². The Kier molecular flexibility index (Phi) is 11.5. The number of hydrogen-bond acceptors (Lipinski definition) is 4. The van der Waals surface area contributed by atoms with Crippen molar-refractivity contribution < 1.29 is 18.0 Å². The van der Waals surface area contributed by atoms with Crippen molar-refractivity contribution in [1.29, 1.82) is 0 Å². The number of amides is 2. The van der Waals surface area contributed by atoms with E-state index in [-0.39, 0.29) is 17.3 Å². The van der Waals surface area contributed by atoms with Crippen molar-refractivity contribution in [3.8, 4) is 0 Å². The number of sulfonamides is 1. The fraction of sp³-hybridized carbons (Fsp3) is 0.286. The normalized spacial score (nSPS) is 12.0. The van der Waals surface area contributed by atoms with Gasteiger partial charge in [-0.15, -0.1) is 0 Å². The van der Waals surface area contributed by atoms with Crippen LogP contribution < -0.4 is 9.62 Å². The number of unbranched alkanes of at least 4 members (excludes halogenated alkanes) is 1. The van der Waals surface area contributed by atoms with Gasteiger partial charge in [0.15, 0.2) is 0 Å². The lowest BCUT2D eigenvalue weighted by Crippen LogP contribution is -2.51. The van der Waals surface area contributed by atoms with Gasteiger partial charge in [-0.25, -0.2) is 8.42 Å². The molecule has 3 aromatic carbocycles. The number of carbonyl (C=O) groups excluding carboxylic acids is 2. The molecule has 0 saturated carbocycles. The fourth-order valence-electron chi connectivity index (χ4n) is 3.81. The summed E-state index contributed by atoms with van der Waals surface area (Å²) in [6.07, 6.45) is 1.71. The van der Waals surface area contributed by atoms with Gasteiger partial charge in [-0.2, -0.15) is 0 Å². The van der Waals surface area contributed by atoms with Crippen LogP contribution in [0.2, 0.25) is 10.0 Å². The molecule has 0 bridgehead atoms. The van der Waals surface area contributed by atoms with Gasteiger partial charge in [-0.3, -0.25) is 13.9 Å². The van der Waals surface area contributed by atoms with Gasteiger partial charge in [0, 0.05) is 16.7 Å². The molecule has 0 spiro atoms. The average Bonchev–Trinajstić information content (AvgIpc) is 2.93. The average molecular weight is 702 g/mol. The summed E-state index contributed by atoms with van der Waals surface area (Å²) in [4.78, 5) is 28.3. The number of rotatable bonds is 12. The zero-order valence-corrected chi connectivity index (χ0v) is 26.1. The summed E-state index contributed by atoms with van der Waals surface area (Å²) in [5, 5.41) is 3.54. The van der Waals surface area contributed by atoms with E-state index in [4.69, 9.17) is 23.2 Å². The first kappa shape index (κ1) is 31.2. The third-order valence-corrected chi connectivity index (χ3v) is 9.30. The van der Waals surface area contributed by atoms with E-state index in [0.29, 0.717) is 27.8 Å². The Balaban J connectivity index is 1.99. The maximum atomic E-state index is 13.9. The molecule has 0 aliphatic heterocycles. The zero-order valence-electron chi connectivity index (χ0n) is 21.6. The van der Waals surface area contributed by atoms with E-state index >= 15 is 0 Å². The minimum absolute atomic E-state index is 0.0317. The molecule has 7 nitrogen and oxygen atoms in total. The number of nitrogens with zero attached hydrogens (tertiary/aromatic N) is 2. The van der Waals surface area contributed by atoms with Gasteiger partial charge in [0.2, 0.25) is 11.8 Å². The molecule has 11 heteroatoms. The van der Waals surface area contributed by atoms with Crippen LogP contribution in [0.15, 0.2) is 77.7 Å². The molecule has 39 heavy (non-hydrogen) atoms. The van der Waals surface area contributed by atoms with E-state index in [1.807, 2.05) is 6.92 Å². The van der Waals surface area contributed by atoms with Crippen LogP contribution in [0.5, 0.6) is 0 Å². The minimum atomic E-state index is -4.10. The van der Waals surface area contributed by atoms with Gasteiger partial charge < -0.3 is 10.2 Å². The quantitative estimate of drug-likeness (QED) is 0.182. The first-order chi connectivity index (χ1) is 18.5. The number of benzene rings is 3. The highest BCUT2D eigenvalue weighted by molar-refractivity contribution is 14.1. The van der Waals surface area contributed by atoms with Gasteiger partial charge in [0.05, 0.1) is 20.6 Å². The summed E-state index contributed by atoms with van der Waals surface area (Å²) in [6.45, 7) is 3.64. The van der Waals surface area contributed by atoms with Gasteiger partial charge in [0.25, 0.3) is 10.0 Å². The smallest absolute Gasteiger partial charge is 0.264 e. The predicted molar refractivity (Wildman–Crippen MR) is 165 cm³/mol. The summed E-state index contributed by atoms with van der Waals surface area (Å²) in [6, 6.07) is 18.9. The second-order valence-corrected chi connectivity index (χ2v) is 12.8. The molecule has 2 amide bonds. The van der Waals surface area contributed by atoms with E-state index in [9.17, 15) is 18.0 Å². The van der Waals surface area contributed by atoms with Crippen molar-refractivity contribution in [2.45, 2.75) is 44.2 Å². The Morgan fingerprint density at radius 1 is 0.974 bits per heavy atom. The topological polar surface area (TPSA) is 86.8 Å². The highest BCUT2D eigenvalue weighted by atomic mass is 127. The molecular weight excluding hydrogens is 672 g/mol. The molecule has 0 radical (unpaired) electrons. The zero-order chi connectivity index (χ0) is 28.6. The largest absolute Gasteiger partial charge is 0.354 e. The van der Waals surface area contributed by atoms with Crippen molar-refractivity contribution in [2.24, 2.45) is 0 Å². The lowest BCUT2D eigenvalue weighted by molar-refractivity contribution is -0.139. The Morgan fingerprint density at radius 2 is 1.64 bits per heavy atom. The second kappa shape index (κ2) is 14.3. The second-order valence-electron chi connectivity index (χ2n) is 8.89. The molecule has 0 aliphatic carbocycles. The highest BCUT2D eigenvalue weighted by Gasteiger charge is 2.32. The first-order valence-corrected chi connectivity index (χ1v) is 15.7. The SMILES string of the molecule is CCCCNC(=O)C(C)N(Cc1ccc(Cl)c(Cl)c1)C(=O)CN(c1ccc(I)cc1)S(=O)(=O)c1ccccc1. The van der Waals surface area contributed by atoms with E-state index < -0.39 is 28.5 Å². The molecule has 0 aromatic heterocycles. The van der Waals surface area contributed by atoms with Gasteiger partial charge in [-0.1, -0.05) is 60.8 Å². The monoisotopic (exact) mass is 701 g/mol. The molecule has 1 N–H and O–H groups in total. The summed E-state index contributed by atoms with van der Waals surface area (Å²) in [7, 11) is -4.10. The number of carbonyl (C=O) groups is 2. The molecule has 0 fully saturated rings. The predicted octanol–water partition coefficient (Wildman–Crippen LogP) is 6.13. The minimum Gasteiger partial charge on any atom is -0.354 e. The van der Waals surface area contributed by atoms with E-state index in [2.05, 4.69) is 27.9 Å². The Morgan fingerprint density at radius 3 is 2.26 bits per heavy atom. The molecular formula is C28H30Cl2IN3O4S. The lowest BCUT2D eigenvalue weighted by atomic mass is 10.1. The number of nitrogens with one attached hydrogen (secondary N) is 1. The maximum absolute atomic E-state index is 13.9. The van der Waals surface area contributed by atoms with Crippen LogP contribution in [0, 0.1) is 3.57 Å². The van der Waals surface area contributed by atoms with Gasteiger partial charge in [0.1, 0.15) is 12.6 Å². The molecule has 208 valence electrons. The van der Waals surface area contributed by atoms with Crippen LogP contribution >= 0.6 is 45.8 Å². The molecule has 1 unspecified atom stereocenters. The van der Waals surface area contributed by atoms with E-state index in [1.165, 1.54) is 17.0 Å². The van der Waals surface area contributed by atoms with Gasteiger partial charge >= 0.3 is 0 Å². The van der Waals surface area contributed by atoms with Gasteiger partial charge in [-0.05, 0) is 90.0 Å². The summed E-state index contributed by atoms with van der Waals surface area (Å²) in [5.41, 5.74) is 0.986. The summed E-state index contributed by atoms with van der Waals surface area (Å²) < 4.78 is 29.5. The number of halogens is 3. The molecule has 1 atom stereocenters. The number of hydrogen-bond donors (Lipinski definition) is 1. The van der Waals surface area contributed by atoms with Crippen LogP contribution in [-0.2, 0) is 26.2 Å². The summed E-state index contributed by atoms with van der Waals surface area (Å²) in [5.74, 6) is -0.874. The van der Waals surface area contributed by atoms with Crippen molar-refractivity contribution in [3.63, 3.8) is 0 Å². The first-order valence-electron chi connectivity index (χ1n) is 12.4. The van der Waals surface area contributed by atoms with Crippen LogP contribution in [0.4, 0.5) is 5.69 Å². The van der Waals surface area contributed by atoms with E-state index in [0.717, 1.165) is 20.7 Å². The Bertz CT molecular complexity index is 1390. The van der Waals surface area contributed by atoms with Crippen molar-refractivity contribution in [3.05, 3.63) is 92.0 Å². The molecule has 0 saturated heterocycles. The number of anilines is 1. The van der Waals surface area contributed by atoms with Crippen molar-refractivity contribution in [2.75, 3.05) is 17.4 Å². The van der Waals surface area contributed by atoms with Crippen molar-refractivity contribution in [1.82, 2.24) is 10.2 Å². The molecule has 0 aliphatic rings. The third-order valence-electron chi connectivity index (χ3n) is 6.06. The van der Waals surface area contributed by atoms with Crippen LogP contribution in [0.1, 0.15) is 32.3 Å². The highest BCUT2D eigenvalue weighted by Crippen LogP contribution is 2.26. The lowest BCUT2D eigenvalue weighted by Gasteiger charge is -2.32. The Labute approximate surface area is 253 Å². The summed E-state index contributed by atoms with van der Waals surface area (Å²) >= 11 is 14.4. The molecule has 3 rings (SSSR count). The molecule has 0 heterocycles. The fourth-order valence-corrected chi connectivity index (χ4v) is 5.92. The Hall–Kier alpha value is -2.34. The standard InChI is InChI=1S/C28H30Cl2IN3O4S/c1-3-4-16-32-28(36)20(2)33(18-21-10-15-25(29)26(30)17-21)27(35)19-34(23-13-11-22(31)12-14-23)39(37,38)24-8-6-5-7-9-24/h5-15,17,20H,3-4,16,18-19H2,1-2H3,(H,32,36). The molecule has 3 aromatic rings.